The molecule has 160 valence electrons. The quantitative estimate of drug-likeness (QED) is 0.636. The second-order valence-corrected chi connectivity index (χ2v) is 8.74. The number of esters is 1. The van der Waals surface area contributed by atoms with Crippen LogP contribution in [0.25, 0.3) is 0 Å². The van der Waals surface area contributed by atoms with Gasteiger partial charge in [-0.15, -0.1) is 0 Å². The van der Waals surface area contributed by atoms with Gasteiger partial charge in [-0.05, 0) is 44.7 Å². The maximum absolute atomic E-state index is 13.0. The number of nitrogens with one attached hydrogen (secondary N) is 2. The van der Waals surface area contributed by atoms with Gasteiger partial charge < -0.3 is 10.1 Å². The number of benzene rings is 1. The maximum atomic E-state index is 13.0. The van der Waals surface area contributed by atoms with E-state index in [4.69, 9.17) is 4.74 Å². The Balaban J connectivity index is 2.01. The number of hydrogen-bond acceptors (Lipinski definition) is 6. The lowest BCUT2D eigenvalue weighted by molar-refractivity contribution is -0.152. The van der Waals surface area contributed by atoms with Crippen LogP contribution in [0.5, 0.6) is 0 Å². The fourth-order valence-corrected chi connectivity index (χ4v) is 4.60. The van der Waals surface area contributed by atoms with Crippen LogP contribution < -0.4 is 10.6 Å². The van der Waals surface area contributed by atoms with E-state index in [-0.39, 0.29) is 11.4 Å². The maximum Gasteiger partial charge on any atom is 0.324 e. The summed E-state index contributed by atoms with van der Waals surface area (Å²) in [5.74, 6) is -1.58. The number of aryl methyl sites for hydroxylation is 1. The molecule has 2 N–H and O–H groups in total. The fourth-order valence-electron chi connectivity index (χ4n) is 2.95. The molecule has 0 saturated carbocycles. The van der Waals surface area contributed by atoms with E-state index in [1.165, 1.54) is 12.1 Å². The van der Waals surface area contributed by atoms with Gasteiger partial charge in [0, 0.05) is 13.1 Å². The summed E-state index contributed by atoms with van der Waals surface area (Å²) >= 11 is 0. The lowest BCUT2D eigenvalue weighted by Gasteiger charge is -2.32. The van der Waals surface area contributed by atoms with Gasteiger partial charge in [0.1, 0.15) is 6.04 Å². The number of hydrogen-bond donors (Lipinski definition) is 2. The van der Waals surface area contributed by atoms with E-state index in [0.29, 0.717) is 32.2 Å². The fraction of sp³-hybridized carbons (Fsp3) is 0.526. The van der Waals surface area contributed by atoms with E-state index in [1.807, 2.05) is 19.2 Å². The smallest absolute Gasteiger partial charge is 0.324 e. The van der Waals surface area contributed by atoms with Crippen LogP contribution in [-0.4, -0.2) is 56.4 Å². The van der Waals surface area contributed by atoms with Gasteiger partial charge in [-0.3, -0.25) is 14.9 Å². The number of carbonyl (C=O) groups is 3. The highest BCUT2D eigenvalue weighted by Gasteiger charge is 2.38. The van der Waals surface area contributed by atoms with Crippen molar-refractivity contribution in [3.63, 3.8) is 0 Å². The van der Waals surface area contributed by atoms with Crippen LogP contribution in [-0.2, 0) is 24.3 Å². The van der Waals surface area contributed by atoms with Crippen LogP contribution in [0, 0.1) is 6.92 Å². The summed E-state index contributed by atoms with van der Waals surface area (Å²) in [4.78, 5) is 35.8. The first-order chi connectivity index (χ1) is 13.8. The molecule has 1 unspecified atom stereocenters. The normalized spacial score (nSPS) is 17.4. The average Bonchev–Trinajstić information content (AvgIpc) is 2.70. The van der Waals surface area contributed by atoms with Crippen LogP contribution in [0.15, 0.2) is 29.2 Å². The Bertz CT molecular complexity index is 838. The van der Waals surface area contributed by atoms with E-state index >= 15 is 0 Å². The molecule has 29 heavy (non-hydrogen) atoms. The molecule has 0 radical (unpaired) electrons. The summed E-state index contributed by atoms with van der Waals surface area (Å²) in [7, 11) is -3.87. The first-order valence-electron chi connectivity index (χ1n) is 9.58. The molecule has 1 aliphatic heterocycles. The molecule has 1 heterocycles. The number of nitrogens with zero attached hydrogens (tertiary/aromatic N) is 1. The summed E-state index contributed by atoms with van der Waals surface area (Å²) in [5, 5.41) is 4.51. The van der Waals surface area contributed by atoms with Crippen molar-refractivity contribution in [2.45, 2.75) is 50.5 Å². The lowest BCUT2D eigenvalue weighted by Crippen LogP contribution is -2.49. The molecular weight excluding hydrogens is 398 g/mol. The molecule has 1 atom stereocenters. The van der Waals surface area contributed by atoms with Crippen LogP contribution in [0.4, 0.5) is 4.79 Å². The number of ether oxygens (including phenoxy) is 1. The number of carbonyl (C=O) groups excluding carboxylic acids is 3. The van der Waals surface area contributed by atoms with Gasteiger partial charge in [0.15, 0.2) is 6.61 Å². The molecule has 0 aromatic heterocycles. The summed E-state index contributed by atoms with van der Waals surface area (Å²) in [5.41, 5.74) is 0.924. The number of imide groups is 1. The molecule has 0 spiro atoms. The van der Waals surface area contributed by atoms with E-state index in [2.05, 4.69) is 5.32 Å². The molecule has 9 nitrogen and oxygen atoms in total. The van der Waals surface area contributed by atoms with E-state index in [1.54, 1.807) is 12.1 Å². The molecule has 1 aliphatic rings. The first-order valence-corrected chi connectivity index (χ1v) is 11.0. The Kier molecular flexibility index (Phi) is 8.15. The Morgan fingerprint density at radius 2 is 1.86 bits per heavy atom. The summed E-state index contributed by atoms with van der Waals surface area (Å²) in [6, 6.07) is 4.72. The molecule has 0 aliphatic carbocycles. The van der Waals surface area contributed by atoms with Crippen molar-refractivity contribution in [3.05, 3.63) is 29.8 Å². The highest BCUT2D eigenvalue weighted by atomic mass is 32.2. The highest BCUT2D eigenvalue weighted by molar-refractivity contribution is 7.89. The standard InChI is InChI=1S/C19H27N3O6S/c1-3-11-20-19(25)21-17(23)13-28-18(24)16-6-4-5-12-22(16)29(26,27)15-9-7-14(2)8-10-15/h7-10,16H,3-6,11-13H2,1-2H3,(H2,20,21,23,25). The lowest BCUT2D eigenvalue weighted by atomic mass is 10.1. The second kappa shape index (κ2) is 10.4. The number of piperidine rings is 1. The molecule has 10 heteroatoms. The monoisotopic (exact) mass is 425 g/mol. The Labute approximate surface area is 170 Å². The van der Waals surface area contributed by atoms with Crippen LogP contribution >= 0.6 is 0 Å². The third kappa shape index (κ3) is 6.26. The van der Waals surface area contributed by atoms with Gasteiger partial charge in [0.05, 0.1) is 4.90 Å². The molecule has 0 bridgehead atoms. The zero-order valence-electron chi connectivity index (χ0n) is 16.6. The molecule has 2 rings (SSSR count). The zero-order valence-corrected chi connectivity index (χ0v) is 17.5. The topological polar surface area (TPSA) is 122 Å². The number of rotatable bonds is 7. The number of urea groups is 1. The van der Waals surface area contributed by atoms with Crippen molar-refractivity contribution in [2.24, 2.45) is 0 Å². The predicted octanol–water partition coefficient (Wildman–Crippen LogP) is 1.32. The molecule has 3 amide bonds. The van der Waals surface area contributed by atoms with Gasteiger partial charge in [-0.2, -0.15) is 4.31 Å². The number of sulfonamides is 1. The van der Waals surface area contributed by atoms with Crippen LogP contribution in [0.2, 0.25) is 0 Å². The molecule has 1 aromatic carbocycles. The van der Waals surface area contributed by atoms with Gasteiger partial charge in [0.25, 0.3) is 5.91 Å². The highest BCUT2D eigenvalue weighted by Crippen LogP contribution is 2.26. The molecular formula is C19H27N3O6S. The minimum absolute atomic E-state index is 0.105. The molecule has 1 aromatic rings. The SMILES string of the molecule is CCCNC(=O)NC(=O)COC(=O)C1CCCCN1S(=O)(=O)c1ccc(C)cc1. The Morgan fingerprint density at radius 3 is 2.52 bits per heavy atom. The number of amides is 3. The summed E-state index contributed by atoms with van der Waals surface area (Å²) in [6.07, 6.45) is 2.32. The minimum atomic E-state index is -3.87. The average molecular weight is 426 g/mol. The Morgan fingerprint density at radius 1 is 1.17 bits per heavy atom. The third-order valence-corrected chi connectivity index (χ3v) is 6.41. The largest absolute Gasteiger partial charge is 0.454 e. The van der Waals surface area contributed by atoms with Gasteiger partial charge in [-0.1, -0.05) is 24.6 Å². The van der Waals surface area contributed by atoms with E-state index in [0.717, 1.165) is 9.87 Å². The summed E-state index contributed by atoms with van der Waals surface area (Å²) < 4.78 is 32.1. The zero-order chi connectivity index (χ0) is 21.4. The Hall–Kier alpha value is -2.46. The van der Waals surface area contributed by atoms with E-state index < -0.39 is 40.6 Å². The predicted molar refractivity (Wildman–Crippen MR) is 106 cm³/mol. The first kappa shape index (κ1) is 22.8. The summed E-state index contributed by atoms with van der Waals surface area (Å²) in [6.45, 7) is 3.66. The third-order valence-electron chi connectivity index (χ3n) is 4.49. The van der Waals surface area contributed by atoms with Gasteiger partial charge in [-0.25, -0.2) is 13.2 Å². The van der Waals surface area contributed by atoms with Crippen LogP contribution in [0.3, 0.4) is 0 Å². The minimum Gasteiger partial charge on any atom is -0.454 e. The van der Waals surface area contributed by atoms with Gasteiger partial charge >= 0.3 is 12.0 Å². The van der Waals surface area contributed by atoms with Crippen LogP contribution in [0.1, 0.15) is 38.2 Å². The van der Waals surface area contributed by atoms with Crippen molar-refractivity contribution in [1.82, 2.24) is 14.9 Å². The van der Waals surface area contributed by atoms with Crippen molar-refractivity contribution in [2.75, 3.05) is 19.7 Å². The van der Waals surface area contributed by atoms with Crippen molar-refractivity contribution < 1.29 is 27.5 Å². The van der Waals surface area contributed by atoms with Crippen molar-refractivity contribution >= 4 is 27.9 Å². The van der Waals surface area contributed by atoms with Gasteiger partial charge in [0.2, 0.25) is 10.0 Å². The second-order valence-electron chi connectivity index (χ2n) is 6.85. The molecule has 1 fully saturated rings. The van der Waals surface area contributed by atoms with Crippen molar-refractivity contribution in [1.29, 1.82) is 0 Å². The van der Waals surface area contributed by atoms with E-state index in [9.17, 15) is 22.8 Å². The van der Waals surface area contributed by atoms with Crippen molar-refractivity contribution in [3.8, 4) is 0 Å². The molecule has 1 saturated heterocycles.